The predicted molar refractivity (Wildman–Crippen MR) is 89.7 cm³/mol. The minimum absolute atomic E-state index is 0.148. The zero-order valence-corrected chi connectivity index (χ0v) is 14.2. The zero-order chi connectivity index (χ0) is 18.9. The molecular formula is C17H24F3N3O2. The van der Waals surface area contributed by atoms with Gasteiger partial charge in [0.05, 0.1) is 0 Å². The van der Waals surface area contributed by atoms with Gasteiger partial charge in [0, 0.05) is 25.7 Å². The molecule has 0 radical (unpaired) electrons. The molecule has 0 aliphatic carbocycles. The van der Waals surface area contributed by atoms with Crippen molar-refractivity contribution in [2.75, 3.05) is 18.9 Å². The molecule has 5 nitrogen and oxygen atoms in total. The number of amides is 2. The van der Waals surface area contributed by atoms with Crippen LogP contribution in [-0.4, -0.2) is 36.5 Å². The predicted octanol–water partition coefficient (Wildman–Crippen LogP) is 3.06. The Balaban J connectivity index is 2.52. The third-order valence-electron chi connectivity index (χ3n) is 3.58. The van der Waals surface area contributed by atoms with E-state index in [1.165, 1.54) is 0 Å². The average Bonchev–Trinajstić information content (AvgIpc) is 2.53. The van der Waals surface area contributed by atoms with Crippen LogP contribution in [0.3, 0.4) is 0 Å². The van der Waals surface area contributed by atoms with Crippen LogP contribution in [-0.2, 0) is 16.1 Å². The fraction of sp³-hybridized carbons (Fsp3) is 0.529. The molecule has 0 bridgehead atoms. The van der Waals surface area contributed by atoms with Crippen LogP contribution < -0.4 is 11.1 Å². The Hall–Kier alpha value is -2.09. The van der Waals surface area contributed by atoms with E-state index in [2.05, 4.69) is 5.32 Å². The van der Waals surface area contributed by atoms with Gasteiger partial charge in [-0.05, 0) is 37.1 Å². The minimum Gasteiger partial charge on any atom is -0.334 e. The number of carbonyl (C=O) groups is 2. The van der Waals surface area contributed by atoms with Crippen molar-refractivity contribution in [3.05, 3.63) is 29.8 Å². The second-order valence-electron chi connectivity index (χ2n) is 5.86. The molecule has 1 rings (SSSR count). The number of hydrogen-bond donors (Lipinski definition) is 2. The molecule has 2 amide bonds. The molecule has 0 heterocycles. The highest BCUT2D eigenvalue weighted by Crippen LogP contribution is 2.20. The fourth-order valence-corrected chi connectivity index (χ4v) is 2.32. The Labute approximate surface area is 145 Å². The Morgan fingerprint density at radius 3 is 2.48 bits per heavy atom. The number of nitrogens with two attached hydrogens (primary N) is 1. The summed E-state index contributed by atoms with van der Waals surface area (Å²) >= 11 is 0. The maximum atomic E-state index is 12.4. The maximum absolute atomic E-state index is 12.4. The monoisotopic (exact) mass is 359 g/mol. The van der Waals surface area contributed by atoms with Gasteiger partial charge in [-0.25, -0.2) is 0 Å². The third-order valence-corrected chi connectivity index (χ3v) is 3.58. The van der Waals surface area contributed by atoms with Crippen molar-refractivity contribution >= 4 is 17.5 Å². The smallest absolute Gasteiger partial charge is 0.334 e. The SMILES string of the molecule is CN(Cc1cccc(NC(=O)CCCCCCN)c1)C(=O)C(F)(F)F. The van der Waals surface area contributed by atoms with E-state index in [1.807, 2.05) is 0 Å². The van der Waals surface area contributed by atoms with Gasteiger partial charge in [0.2, 0.25) is 5.91 Å². The average molecular weight is 359 g/mol. The van der Waals surface area contributed by atoms with Crippen LogP contribution in [0.2, 0.25) is 0 Å². The van der Waals surface area contributed by atoms with Gasteiger partial charge in [-0.1, -0.05) is 25.0 Å². The first kappa shape index (κ1) is 21.0. The van der Waals surface area contributed by atoms with Crippen molar-refractivity contribution in [2.24, 2.45) is 5.73 Å². The zero-order valence-electron chi connectivity index (χ0n) is 14.2. The topological polar surface area (TPSA) is 75.4 Å². The Bertz CT molecular complexity index is 577. The highest BCUT2D eigenvalue weighted by atomic mass is 19.4. The summed E-state index contributed by atoms with van der Waals surface area (Å²) in [5, 5.41) is 2.72. The molecule has 1 aromatic carbocycles. The van der Waals surface area contributed by atoms with Crippen molar-refractivity contribution in [3.8, 4) is 0 Å². The normalized spacial score (nSPS) is 11.2. The first-order valence-corrected chi connectivity index (χ1v) is 8.15. The molecule has 0 aliphatic heterocycles. The van der Waals surface area contributed by atoms with Crippen molar-refractivity contribution in [2.45, 2.75) is 44.8 Å². The number of nitrogens with one attached hydrogen (secondary N) is 1. The van der Waals surface area contributed by atoms with Crippen LogP contribution in [0.25, 0.3) is 0 Å². The highest BCUT2D eigenvalue weighted by molar-refractivity contribution is 5.90. The fourth-order valence-electron chi connectivity index (χ4n) is 2.32. The number of carbonyl (C=O) groups excluding carboxylic acids is 2. The standard InChI is InChI=1S/C17H24F3N3O2/c1-23(16(25)17(18,19)20)12-13-7-6-8-14(11-13)22-15(24)9-4-2-3-5-10-21/h6-8,11H,2-5,9-10,12,21H2,1H3,(H,22,24). The number of rotatable bonds is 9. The minimum atomic E-state index is -4.90. The molecule has 0 spiro atoms. The largest absolute Gasteiger partial charge is 0.471 e. The van der Waals surface area contributed by atoms with Crippen molar-refractivity contribution in [1.29, 1.82) is 0 Å². The summed E-state index contributed by atoms with van der Waals surface area (Å²) in [6.45, 7) is 0.450. The van der Waals surface area contributed by atoms with Gasteiger partial charge in [0.15, 0.2) is 0 Å². The van der Waals surface area contributed by atoms with Crippen LogP contribution in [0.4, 0.5) is 18.9 Å². The molecule has 0 saturated carbocycles. The van der Waals surface area contributed by atoms with Crippen LogP contribution in [0.5, 0.6) is 0 Å². The van der Waals surface area contributed by atoms with Gasteiger partial charge in [-0.15, -0.1) is 0 Å². The molecule has 8 heteroatoms. The number of anilines is 1. The maximum Gasteiger partial charge on any atom is 0.471 e. The van der Waals surface area contributed by atoms with Gasteiger partial charge < -0.3 is 16.0 Å². The van der Waals surface area contributed by atoms with E-state index in [4.69, 9.17) is 5.73 Å². The molecule has 140 valence electrons. The van der Waals surface area contributed by atoms with Crippen LogP contribution in [0.15, 0.2) is 24.3 Å². The number of nitrogens with zero attached hydrogens (tertiary/aromatic N) is 1. The Kier molecular flexibility index (Phi) is 8.40. The molecular weight excluding hydrogens is 335 g/mol. The molecule has 25 heavy (non-hydrogen) atoms. The Morgan fingerprint density at radius 1 is 1.16 bits per heavy atom. The Morgan fingerprint density at radius 2 is 1.84 bits per heavy atom. The highest BCUT2D eigenvalue weighted by Gasteiger charge is 2.41. The number of halogens is 3. The van der Waals surface area contributed by atoms with E-state index in [-0.39, 0.29) is 12.5 Å². The van der Waals surface area contributed by atoms with Gasteiger partial charge in [0.1, 0.15) is 0 Å². The van der Waals surface area contributed by atoms with Gasteiger partial charge >= 0.3 is 12.1 Å². The molecule has 0 unspecified atom stereocenters. The van der Waals surface area contributed by atoms with E-state index in [9.17, 15) is 22.8 Å². The van der Waals surface area contributed by atoms with E-state index >= 15 is 0 Å². The summed E-state index contributed by atoms with van der Waals surface area (Å²) in [6, 6.07) is 6.44. The lowest BCUT2D eigenvalue weighted by Crippen LogP contribution is -2.37. The number of unbranched alkanes of at least 4 members (excludes halogenated alkanes) is 3. The molecule has 1 aromatic rings. The van der Waals surface area contributed by atoms with Crippen molar-refractivity contribution in [1.82, 2.24) is 4.90 Å². The second kappa shape index (κ2) is 10.0. The molecule has 0 aromatic heterocycles. The summed E-state index contributed by atoms with van der Waals surface area (Å²) in [7, 11) is 1.09. The van der Waals surface area contributed by atoms with Crippen LogP contribution in [0, 0.1) is 0 Å². The van der Waals surface area contributed by atoms with E-state index in [0.29, 0.717) is 29.1 Å². The quantitative estimate of drug-likeness (QED) is 0.666. The van der Waals surface area contributed by atoms with E-state index < -0.39 is 12.1 Å². The number of hydrogen-bond acceptors (Lipinski definition) is 3. The second-order valence-corrected chi connectivity index (χ2v) is 5.86. The lowest BCUT2D eigenvalue weighted by Gasteiger charge is -2.19. The van der Waals surface area contributed by atoms with Crippen LogP contribution >= 0.6 is 0 Å². The molecule has 0 fully saturated rings. The van der Waals surface area contributed by atoms with Gasteiger partial charge in [-0.2, -0.15) is 13.2 Å². The number of alkyl halides is 3. The molecule has 3 N–H and O–H groups in total. The summed E-state index contributed by atoms with van der Waals surface area (Å²) in [6.07, 6.45) is -0.915. The van der Waals surface area contributed by atoms with Crippen molar-refractivity contribution in [3.63, 3.8) is 0 Å². The first-order chi connectivity index (χ1) is 11.7. The summed E-state index contributed by atoms with van der Waals surface area (Å²) in [5.41, 5.74) is 6.40. The summed E-state index contributed by atoms with van der Waals surface area (Å²) < 4.78 is 37.2. The summed E-state index contributed by atoms with van der Waals surface area (Å²) in [4.78, 5) is 23.6. The van der Waals surface area contributed by atoms with Gasteiger partial charge in [-0.3, -0.25) is 9.59 Å². The van der Waals surface area contributed by atoms with Crippen LogP contribution in [0.1, 0.15) is 37.7 Å². The first-order valence-electron chi connectivity index (χ1n) is 8.15. The number of benzene rings is 1. The summed E-state index contributed by atoms with van der Waals surface area (Å²) in [5.74, 6) is -2.05. The molecule has 0 saturated heterocycles. The lowest BCUT2D eigenvalue weighted by atomic mass is 10.1. The molecule has 0 aliphatic rings. The van der Waals surface area contributed by atoms with E-state index in [0.717, 1.165) is 32.7 Å². The molecule has 0 atom stereocenters. The van der Waals surface area contributed by atoms with Crippen molar-refractivity contribution < 1.29 is 22.8 Å². The third kappa shape index (κ3) is 8.02. The van der Waals surface area contributed by atoms with E-state index in [1.54, 1.807) is 24.3 Å². The lowest BCUT2D eigenvalue weighted by molar-refractivity contribution is -0.184. The van der Waals surface area contributed by atoms with Gasteiger partial charge in [0.25, 0.3) is 0 Å².